The minimum Gasteiger partial charge on any atom is -1.00 e. The minimum atomic E-state index is -4.70. The Morgan fingerprint density at radius 2 is 1.38 bits per heavy atom. The fourth-order valence-electron chi connectivity index (χ4n) is 5.41. The maximum atomic E-state index is 15.2. The molecule has 2 fully saturated rings. The maximum absolute atomic E-state index is 15.2. The first-order valence-electron chi connectivity index (χ1n) is 14.7. The second-order valence-electron chi connectivity index (χ2n) is 13.1. The fraction of sp³-hybridized carbons (Fsp3) is 0.548. The second kappa shape index (κ2) is 13.1. The highest BCUT2D eigenvalue weighted by Gasteiger charge is 2.43. The number of piperazine rings is 2. The first-order chi connectivity index (χ1) is 20.5. The Balaban J connectivity index is 0.00000461. The number of carbonyl (C=O) groups is 2. The molecule has 4 aliphatic rings. The van der Waals surface area contributed by atoms with Crippen LogP contribution in [0.3, 0.4) is 0 Å². The van der Waals surface area contributed by atoms with Crippen molar-refractivity contribution in [1.29, 1.82) is 0 Å². The molecule has 0 unspecified atom stereocenters. The highest BCUT2D eigenvalue weighted by atomic mass is 127. The fourth-order valence-corrected chi connectivity index (χ4v) is 6.43. The summed E-state index contributed by atoms with van der Waals surface area (Å²) < 4.78 is 59.2. The van der Waals surface area contributed by atoms with Crippen molar-refractivity contribution in [2.24, 2.45) is 0 Å². The lowest BCUT2D eigenvalue weighted by Gasteiger charge is -2.37. The summed E-state index contributed by atoms with van der Waals surface area (Å²) in [6.07, 6.45) is -5.63. The molecule has 0 radical (unpaired) electrons. The third-order valence-electron chi connectivity index (χ3n) is 7.34. The van der Waals surface area contributed by atoms with E-state index in [4.69, 9.17) is 9.47 Å². The molecule has 2 amide bonds. The monoisotopic (exact) mass is 761 g/mol. The molecule has 0 spiro atoms. The molecule has 45 heavy (non-hydrogen) atoms. The van der Waals surface area contributed by atoms with Crippen molar-refractivity contribution in [2.45, 2.75) is 58.9 Å². The molecule has 1 aliphatic carbocycles. The predicted octanol–water partition coefficient (Wildman–Crippen LogP) is 2.50. The van der Waals surface area contributed by atoms with Crippen LogP contribution in [0.2, 0.25) is 0 Å². The van der Waals surface area contributed by atoms with E-state index in [0.717, 1.165) is 4.70 Å². The summed E-state index contributed by atoms with van der Waals surface area (Å²) in [5.74, 6) is 0. The zero-order valence-corrected chi connectivity index (χ0v) is 29.3. The van der Waals surface area contributed by atoms with Crippen LogP contribution in [0.1, 0.15) is 47.1 Å². The van der Waals surface area contributed by atoms with E-state index in [0.29, 0.717) is 41.9 Å². The number of carbonyl (C=O) groups excluding carboxylic acids is 2. The molecular weight excluding hydrogens is 722 g/mol. The lowest BCUT2D eigenvalue weighted by atomic mass is 10.0. The summed E-state index contributed by atoms with van der Waals surface area (Å²) in [4.78, 5) is 35.2. The molecule has 9 nitrogen and oxygen atoms in total. The van der Waals surface area contributed by atoms with Crippen LogP contribution < -0.4 is 38.8 Å². The topological polar surface area (TPSA) is 78.2 Å². The summed E-state index contributed by atoms with van der Waals surface area (Å²) in [6.45, 7) is 12.8. The van der Waals surface area contributed by atoms with Gasteiger partial charge >= 0.3 is 18.4 Å². The van der Waals surface area contributed by atoms with Gasteiger partial charge in [-0.2, -0.15) is 13.2 Å². The molecule has 2 saturated heterocycles. The van der Waals surface area contributed by atoms with Crippen LogP contribution in [0.25, 0.3) is 20.8 Å². The molecule has 1 aromatic rings. The molecule has 3 aliphatic heterocycles. The second-order valence-corrected chi connectivity index (χ2v) is 14.1. The van der Waals surface area contributed by atoms with E-state index in [-0.39, 0.29) is 61.5 Å². The summed E-state index contributed by atoms with van der Waals surface area (Å²) in [6, 6.07) is 8.97. The summed E-state index contributed by atoms with van der Waals surface area (Å²) >= 11 is 1.27. The molecule has 0 bridgehead atoms. The first-order valence-corrected chi connectivity index (χ1v) is 15.5. The number of fused-ring (bicyclic) bond motifs is 2. The highest BCUT2D eigenvalue weighted by molar-refractivity contribution is 7.21. The van der Waals surface area contributed by atoms with Gasteiger partial charge in [-0.15, -0.1) is 11.3 Å². The van der Waals surface area contributed by atoms with Crippen LogP contribution in [0.4, 0.5) is 28.4 Å². The summed E-state index contributed by atoms with van der Waals surface area (Å²) in [5, 5.41) is 0.438. The van der Waals surface area contributed by atoms with E-state index in [1.54, 1.807) is 69.5 Å². The third kappa shape index (κ3) is 8.10. The van der Waals surface area contributed by atoms with Gasteiger partial charge in [0.15, 0.2) is 13.1 Å². The standard InChI is InChI=1S/C31H39F3N5O4S.HI/c1-29(2,3)42-27(40)38-15-11-36(12-16-38)21-19-23-25(35-20-9-7-8-10-22(20)44-23)24(31(32,33)34)26(21)37-13-17-39(18-14-37)28(41)43-30(4,5)6;/h7-10,19H,11-18H2,1-6H3;1H/q+1;/p-1. The average molecular weight is 762 g/mol. The Hall–Kier alpha value is -2.88. The predicted molar refractivity (Wildman–Crippen MR) is 164 cm³/mol. The van der Waals surface area contributed by atoms with Crippen LogP contribution in [-0.2, 0) is 15.7 Å². The number of hydrogen-bond acceptors (Lipinski definition) is 7. The van der Waals surface area contributed by atoms with Crippen molar-refractivity contribution in [3.63, 3.8) is 0 Å². The molecule has 0 aromatic heterocycles. The van der Waals surface area contributed by atoms with Crippen LogP contribution in [0, 0.1) is 0 Å². The van der Waals surface area contributed by atoms with Gasteiger partial charge in [-0.1, -0.05) is 12.1 Å². The summed E-state index contributed by atoms with van der Waals surface area (Å²) in [7, 11) is 0. The molecule has 0 N–H and O–H groups in total. The van der Waals surface area contributed by atoms with Crippen molar-refractivity contribution < 1.29 is 56.2 Å². The van der Waals surface area contributed by atoms with E-state index in [1.165, 1.54) is 16.2 Å². The van der Waals surface area contributed by atoms with Crippen LogP contribution in [-0.4, -0.2) is 90.5 Å². The van der Waals surface area contributed by atoms with Crippen LogP contribution >= 0.6 is 11.3 Å². The van der Waals surface area contributed by atoms with Crippen molar-refractivity contribution in [3.05, 3.63) is 41.3 Å². The normalized spacial score (nSPS) is 16.6. The van der Waals surface area contributed by atoms with Crippen molar-refractivity contribution in [1.82, 2.24) is 19.4 Å². The zero-order valence-electron chi connectivity index (χ0n) is 26.3. The van der Waals surface area contributed by atoms with E-state index in [2.05, 4.69) is 4.98 Å². The number of ether oxygens (including phenoxy) is 2. The van der Waals surface area contributed by atoms with Crippen molar-refractivity contribution >= 4 is 39.4 Å². The number of nitrogens with zero attached hydrogens (tertiary/aromatic N) is 5. The maximum Gasteiger partial charge on any atom is 0.420 e. The largest absolute Gasteiger partial charge is 1.00 e. The van der Waals surface area contributed by atoms with Gasteiger partial charge in [0.25, 0.3) is 0 Å². The Labute approximate surface area is 282 Å². The van der Waals surface area contributed by atoms with Crippen LogP contribution in [0.15, 0.2) is 30.3 Å². The minimum absolute atomic E-state index is 0. The molecule has 14 heteroatoms. The average Bonchev–Trinajstić information content (AvgIpc) is 2.93. The molecule has 0 atom stereocenters. The number of benzene rings is 2. The van der Waals surface area contributed by atoms with Crippen LogP contribution in [0.5, 0.6) is 0 Å². The molecule has 3 heterocycles. The van der Waals surface area contributed by atoms with E-state index >= 15 is 13.2 Å². The Morgan fingerprint density at radius 3 is 1.91 bits per heavy atom. The van der Waals surface area contributed by atoms with Gasteiger partial charge in [0.05, 0.1) is 33.9 Å². The van der Waals surface area contributed by atoms with Gasteiger partial charge < -0.3 is 43.3 Å². The van der Waals surface area contributed by atoms with Gasteiger partial charge in [-0.25, -0.2) is 19.1 Å². The third-order valence-corrected chi connectivity index (χ3v) is 8.43. The molecule has 246 valence electrons. The lowest BCUT2D eigenvalue weighted by molar-refractivity contribution is -0.136. The first kappa shape index (κ1) is 35.0. The van der Waals surface area contributed by atoms with Gasteiger partial charge in [0, 0.05) is 32.2 Å². The zero-order chi connectivity index (χ0) is 32.0. The number of rotatable bonds is 1. The number of para-hydroxylation sites is 1. The Morgan fingerprint density at radius 1 is 0.844 bits per heavy atom. The number of halogens is 4. The lowest BCUT2D eigenvalue weighted by Crippen LogP contribution is -3.00. The molecule has 5 rings (SSSR count). The smallest absolute Gasteiger partial charge is 0.420 e. The Kier molecular flexibility index (Phi) is 10.2. The number of amides is 2. The number of aromatic nitrogens is 1. The van der Waals surface area contributed by atoms with E-state index in [9.17, 15) is 9.59 Å². The summed E-state index contributed by atoms with van der Waals surface area (Å²) in [5.41, 5.74) is -1.67. The van der Waals surface area contributed by atoms with Gasteiger partial charge in [-0.05, 0) is 53.7 Å². The van der Waals surface area contributed by atoms with Gasteiger partial charge in [0.1, 0.15) is 22.5 Å². The molecule has 1 aromatic carbocycles. The van der Waals surface area contributed by atoms with Crippen molar-refractivity contribution in [3.8, 4) is 10.6 Å². The number of anilines is 1. The molecular formula is C31H39F3IN5O4S. The van der Waals surface area contributed by atoms with Crippen molar-refractivity contribution in [2.75, 3.05) is 57.3 Å². The quantitative estimate of drug-likeness (QED) is 0.216. The van der Waals surface area contributed by atoms with E-state index in [1.807, 2.05) is 16.7 Å². The SMILES string of the molecule is CC(C)(C)OC(=O)N1CCN(c2c(C(F)(F)F)c3nc4ccccc4sc-3cc2=[N+]2CCN(C(=O)OC(C)(C)C)CC2)CC1.[I-]. The van der Waals surface area contributed by atoms with E-state index < -0.39 is 35.1 Å². The van der Waals surface area contributed by atoms with Gasteiger partial charge in [0.2, 0.25) is 5.36 Å². The Bertz CT molecular complexity index is 1600. The highest BCUT2D eigenvalue weighted by Crippen LogP contribution is 2.44. The number of alkyl halides is 3. The van der Waals surface area contributed by atoms with Gasteiger partial charge in [-0.3, -0.25) is 4.90 Å². The number of hydrogen-bond donors (Lipinski definition) is 0. The molecule has 0 saturated carbocycles.